The SMILES string of the molecule is CC(C)(C)NC(=O)C[NH+]1CCN(C(=S)Nc2ccc([N+](=O)[O-])cc2)CC1. The van der Waals surface area contributed by atoms with E-state index in [1.807, 2.05) is 20.8 Å². The van der Waals surface area contributed by atoms with Gasteiger partial charge in [-0.05, 0) is 45.1 Å². The summed E-state index contributed by atoms with van der Waals surface area (Å²) < 4.78 is 0. The number of hydrogen-bond acceptors (Lipinski definition) is 4. The van der Waals surface area contributed by atoms with Gasteiger partial charge in [-0.3, -0.25) is 14.9 Å². The van der Waals surface area contributed by atoms with Crippen molar-refractivity contribution >= 4 is 34.6 Å². The van der Waals surface area contributed by atoms with E-state index in [-0.39, 0.29) is 17.1 Å². The van der Waals surface area contributed by atoms with Gasteiger partial charge in [0.2, 0.25) is 0 Å². The van der Waals surface area contributed by atoms with E-state index in [9.17, 15) is 14.9 Å². The molecule has 0 saturated carbocycles. The molecule has 0 bridgehead atoms. The first kappa shape index (κ1) is 20.1. The summed E-state index contributed by atoms with van der Waals surface area (Å²) >= 11 is 5.43. The maximum atomic E-state index is 12.0. The zero-order valence-corrected chi connectivity index (χ0v) is 16.2. The van der Waals surface area contributed by atoms with Crippen LogP contribution in [-0.2, 0) is 4.79 Å². The van der Waals surface area contributed by atoms with Crippen molar-refractivity contribution in [3.05, 3.63) is 34.4 Å². The molecule has 0 aromatic heterocycles. The number of amides is 1. The quantitative estimate of drug-likeness (QED) is 0.398. The number of nitro benzene ring substituents is 1. The molecule has 1 fully saturated rings. The molecule has 26 heavy (non-hydrogen) atoms. The molecular formula is C17H26N5O3S+. The zero-order valence-electron chi connectivity index (χ0n) is 15.4. The van der Waals surface area contributed by atoms with E-state index in [0.29, 0.717) is 11.7 Å². The molecule has 1 aromatic carbocycles. The van der Waals surface area contributed by atoms with Gasteiger partial charge in [-0.1, -0.05) is 0 Å². The average Bonchev–Trinajstić information content (AvgIpc) is 2.54. The first-order valence-electron chi connectivity index (χ1n) is 8.59. The summed E-state index contributed by atoms with van der Waals surface area (Å²) in [5.41, 5.74) is 0.557. The molecule has 8 nitrogen and oxygen atoms in total. The number of hydrogen-bond donors (Lipinski definition) is 3. The third-order valence-corrected chi connectivity index (χ3v) is 4.37. The topological polar surface area (TPSA) is 92.0 Å². The number of carbonyl (C=O) groups is 1. The number of anilines is 1. The van der Waals surface area contributed by atoms with Crippen LogP contribution in [0.1, 0.15) is 20.8 Å². The fraction of sp³-hybridized carbons (Fsp3) is 0.529. The second kappa shape index (κ2) is 8.41. The predicted molar refractivity (Wildman–Crippen MR) is 104 cm³/mol. The van der Waals surface area contributed by atoms with Crippen LogP contribution in [0.15, 0.2) is 24.3 Å². The van der Waals surface area contributed by atoms with Gasteiger partial charge in [0.05, 0.1) is 31.1 Å². The largest absolute Gasteiger partial charge is 0.347 e. The van der Waals surface area contributed by atoms with Crippen LogP contribution in [-0.4, -0.2) is 59.1 Å². The Morgan fingerprint density at radius 2 is 1.85 bits per heavy atom. The molecule has 0 spiro atoms. The number of nitro groups is 1. The van der Waals surface area contributed by atoms with Crippen molar-refractivity contribution in [3.63, 3.8) is 0 Å². The molecule has 2 rings (SSSR count). The number of carbonyl (C=O) groups excluding carboxylic acids is 1. The van der Waals surface area contributed by atoms with Crippen molar-refractivity contribution in [2.75, 3.05) is 38.0 Å². The highest BCUT2D eigenvalue weighted by atomic mass is 32.1. The Balaban J connectivity index is 1.79. The molecule has 1 aliphatic rings. The molecule has 0 unspecified atom stereocenters. The highest BCUT2D eigenvalue weighted by molar-refractivity contribution is 7.80. The Kier molecular flexibility index (Phi) is 6.49. The van der Waals surface area contributed by atoms with Crippen LogP contribution in [0.3, 0.4) is 0 Å². The van der Waals surface area contributed by atoms with Crippen molar-refractivity contribution < 1.29 is 14.6 Å². The Hall–Kier alpha value is -2.26. The van der Waals surface area contributed by atoms with Gasteiger partial charge in [-0.15, -0.1) is 0 Å². The van der Waals surface area contributed by atoms with Gasteiger partial charge < -0.3 is 20.4 Å². The standard InChI is InChI=1S/C17H25N5O3S/c1-17(2,3)19-15(23)12-20-8-10-21(11-9-20)16(26)18-13-4-6-14(7-5-13)22(24)25/h4-7H,8-12H2,1-3H3,(H,18,26)(H,19,23)/p+1. The maximum Gasteiger partial charge on any atom is 0.275 e. The van der Waals surface area contributed by atoms with Gasteiger partial charge >= 0.3 is 0 Å². The number of rotatable bonds is 4. The minimum absolute atomic E-state index is 0.0483. The minimum Gasteiger partial charge on any atom is -0.347 e. The molecule has 1 aromatic rings. The molecular weight excluding hydrogens is 354 g/mol. The number of thiocarbonyl (C=S) groups is 1. The van der Waals surface area contributed by atoms with Crippen LogP contribution in [0.4, 0.5) is 11.4 Å². The van der Waals surface area contributed by atoms with E-state index >= 15 is 0 Å². The lowest BCUT2D eigenvalue weighted by Gasteiger charge is -2.34. The van der Waals surface area contributed by atoms with Crippen LogP contribution in [0.2, 0.25) is 0 Å². The average molecular weight is 380 g/mol. The Morgan fingerprint density at radius 3 is 2.35 bits per heavy atom. The summed E-state index contributed by atoms with van der Waals surface area (Å²) in [6, 6.07) is 6.17. The monoisotopic (exact) mass is 380 g/mol. The Morgan fingerprint density at radius 1 is 1.27 bits per heavy atom. The lowest BCUT2D eigenvalue weighted by Crippen LogP contribution is -3.16. The van der Waals surface area contributed by atoms with Crippen molar-refractivity contribution in [3.8, 4) is 0 Å². The van der Waals surface area contributed by atoms with E-state index in [0.717, 1.165) is 31.9 Å². The summed E-state index contributed by atoms with van der Waals surface area (Å²) in [6.07, 6.45) is 0. The number of non-ortho nitro benzene ring substituents is 1. The molecule has 9 heteroatoms. The second-order valence-corrected chi connectivity index (χ2v) is 7.83. The van der Waals surface area contributed by atoms with Crippen molar-refractivity contribution in [1.82, 2.24) is 10.2 Å². The predicted octanol–water partition coefficient (Wildman–Crippen LogP) is 0.407. The van der Waals surface area contributed by atoms with E-state index < -0.39 is 4.92 Å². The fourth-order valence-corrected chi connectivity index (χ4v) is 3.06. The van der Waals surface area contributed by atoms with Crippen molar-refractivity contribution in [1.29, 1.82) is 0 Å². The van der Waals surface area contributed by atoms with Gasteiger partial charge in [-0.2, -0.15) is 0 Å². The molecule has 1 aliphatic heterocycles. The van der Waals surface area contributed by atoms with E-state index in [4.69, 9.17) is 12.2 Å². The van der Waals surface area contributed by atoms with Gasteiger partial charge in [-0.25, -0.2) is 0 Å². The summed E-state index contributed by atoms with van der Waals surface area (Å²) in [5.74, 6) is 0.0625. The third kappa shape index (κ3) is 6.23. The van der Waals surface area contributed by atoms with E-state index in [1.54, 1.807) is 12.1 Å². The lowest BCUT2D eigenvalue weighted by atomic mass is 10.1. The first-order valence-corrected chi connectivity index (χ1v) is 9.00. The molecule has 1 saturated heterocycles. The summed E-state index contributed by atoms with van der Waals surface area (Å²) in [6.45, 7) is 9.57. The van der Waals surface area contributed by atoms with Crippen molar-refractivity contribution in [2.45, 2.75) is 26.3 Å². The highest BCUT2D eigenvalue weighted by Gasteiger charge is 2.25. The molecule has 0 atom stereocenters. The first-order chi connectivity index (χ1) is 12.1. The molecule has 0 aliphatic carbocycles. The van der Waals surface area contributed by atoms with Crippen LogP contribution in [0.5, 0.6) is 0 Å². The number of benzene rings is 1. The van der Waals surface area contributed by atoms with Gasteiger partial charge in [0, 0.05) is 23.4 Å². The van der Waals surface area contributed by atoms with Gasteiger partial charge in [0.25, 0.3) is 11.6 Å². The van der Waals surface area contributed by atoms with Gasteiger partial charge in [0.15, 0.2) is 11.7 Å². The summed E-state index contributed by atoms with van der Waals surface area (Å²) in [7, 11) is 0. The number of piperazine rings is 1. The van der Waals surface area contributed by atoms with E-state index in [1.165, 1.54) is 17.0 Å². The van der Waals surface area contributed by atoms with Crippen LogP contribution in [0, 0.1) is 10.1 Å². The summed E-state index contributed by atoms with van der Waals surface area (Å²) in [4.78, 5) is 25.6. The summed E-state index contributed by atoms with van der Waals surface area (Å²) in [5, 5.41) is 17.4. The second-order valence-electron chi connectivity index (χ2n) is 7.45. The number of nitrogens with one attached hydrogen (secondary N) is 3. The van der Waals surface area contributed by atoms with Crippen LogP contribution in [0.25, 0.3) is 0 Å². The smallest absolute Gasteiger partial charge is 0.275 e. The molecule has 1 heterocycles. The molecule has 3 N–H and O–H groups in total. The normalized spacial score (nSPS) is 15.4. The number of nitrogens with zero attached hydrogens (tertiary/aromatic N) is 2. The van der Waals surface area contributed by atoms with Gasteiger partial charge in [0.1, 0.15) is 0 Å². The molecule has 0 radical (unpaired) electrons. The van der Waals surface area contributed by atoms with Crippen LogP contribution < -0.4 is 15.5 Å². The maximum absolute atomic E-state index is 12.0. The Bertz CT molecular complexity index is 664. The van der Waals surface area contributed by atoms with Crippen LogP contribution >= 0.6 is 12.2 Å². The Labute approximate surface area is 158 Å². The lowest BCUT2D eigenvalue weighted by molar-refractivity contribution is -0.895. The molecule has 142 valence electrons. The molecule has 1 amide bonds. The zero-order chi connectivity index (χ0) is 19.3. The fourth-order valence-electron chi connectivity index (χ4n) is 2.76. The van der Waals surface area contributed by atoms with E-state index in [2.05, 4.69) is 15.5 Å². The van der Waals surface area contributed by atoms with Crippen molar-refractivity contribution in [2.24, 2.45) is 0 Å². The number of quaternary nitrogens is 1. The minimum atomic E-state index is -0.431. The third-order valence-electron chi connectivity index (χ3n) is 4.01. The highest BCUT2D eigenvalue weighted by Crippen LogP contribution is 2.15.